The van der Waals surface area contributed by atoms with E-state index in [0.717, 1.165) is 11.4 Å². The van der Waals surface area contributed by atoms with E-state index in [2.05, 4.69) is 83.4 Å². The molecule has 0 saturated heterocycles. The number of hydrogen-bond acceptors (Lipinski definition) is 6. The number of methoxy groups -OCH3 is 1. The Morgan fingerprint density at radius 2 is 1.14 bits per heavy atom. The van der Waals surface area contributed by atoms with Crippen molar-refractivity contribution < 1.29 is 13.6 Å². The average molecular weight is 513 g/mol. The van der Waals surface area contributed by atoms with Crippen LogP contribution in [-0.4, -0.2) is 22.1 Å². The molecule has 28 heavy (non-hydrogen) atoms. The molecule has 0 atom stereocenters. The Balaban J connectivity index is 2.19. The molecule has 0 spiro atoms. The highest BCUT2D eigenvalue weighted by atomic mass is 79.9. The van der Waals surface area contributed by atoms with Crippen LogP contribution in [0.4, 0.5) is 0 Å². The van der Waals surface area contributed by atoms with Gasteiger partial charge < -0.3 is 13.6 Å². The Morgan fingerprint density at radius 1 is 0.750 bits per heavy atom. The molecule has 0 N–H and O–H groups in total. The van der Waals surface area contributed by atoms with Gasteiger partial charge in [0.15, 0.2) is 5.75 Å². The van der Waals surface area contributed by atoms with Crippen LogP contribution in [0.5, 0.6) is 5.75 Å². The van der Waals surface area contributed by atoms with Crippen molar-refractivity contribution in [3.8, 4) is 28.9 Å². The van der Waals surface area contributed by atoms with Gasteiger partial charge in [0.05, 0.1) is 27.4 Å². The summed E-state index contributed by atoms with van der Waals surface area (Å²) in [4.78, 5) is 14.0. The fraction of sp³-hybridized carbons (Fsp3) is 0.450. The lowest BCUT2D eigenvalue weighted by atomic mass is 9.93. The molecule has 3 heterocycles. The zero-order chi connectivity index (χ0) is 20.9. The molecular formula is C20H23Br2N3O3. The highest BCUT2D eigenvalue weighted by Crippen LogP contribution is 2.44. The van der Waals surface area contributed by atoms with E-state index in [0.29, 0.717) is 37.9 Å². The Labute approximate surface area is 181 Å². The van der Waals surface area contributed by atoms with Gasteiger partial charge in [-0.15, -0.1) is 0 Å². The predicted molar refractivity (Wildman–Crippen MR) is 115 cm³/mol. The standard InChI is InChI=1S/C20H23Br2N3O3/c1-19(2,3)10-8-27-17(23-10)14-12(21)16(26-7)13(22)15(25-14)18-24-11(9-28-18)20(4,5)6/h8-9H,1-7H3. The summed E-state index contributed by atoms with van der Waals surface area (Å²) in [5, 5.41) is 0. The third kappa shape index (κ3) is 3.89. The van der Waals surface area contributed by atoms with Gasteiger partial charge in [0.2, 0.25) is 11.8 Å². The number of ether oxygens (including phenoxy) is 1. The molecule has 0 saturated carbocycles. The number of oxazole rings is 2. The van der Waals surface area contributed by atoms with Crippen LogP contribution in [0.3, 0.4) is 0 Å². The van der Waals surface area contributed by atoms with Crippen LogP contribution in [0.25, 0.3) is 23.2 Å². The first kappa shape index (κ1) is 21.0. The van der Waals surface area contributed by atoms with Crippen LogP contribution in [0.15, 0.2) is 30.3 Å². The van der Waals surface area contributed by atoms with Gasteiger partial charge in [-0.1, -0.05) is 41.5 Å². The highest BCUT2D eigenvalue weighted by Gasteiger charge is 2.27. The quantitative estimate of drug-likeness (QED) is 0.397. The molecule has 3 rings (SSSR count). The topological polar surface area (TPSA) is 74.2 Å². The number of halogens is 2. The van der Waals surface area contributed by atoms with Crippen molar-refractivity contribution in [2.45, 2.75) is 52.4 Å². The molecule has 3 aromatic rings. The largest absolute Gasteiger partial charge is 0.494 e. The van der Waals surface area contributed by atoms with E-state index in [1.54, 1.807) is 19.6 Å². The smallest absolute Gasteiger partial charge is 0.246 e. The first-order valence-corrected chi connectivity index (χ1v) is 10.4. The number of pyridine rings is 1. The maximum atomic E-state index is 5.72. The van der Waals surface area contributed by atoms with Crippen LogP contribution >= 0.6 is 31.9 Å². The molecule has 150 valence electrons. The SMILES string of the molecule is COc1c(Br)c(-c2nc(C(C)(C)C)co2)nc(-c2nc(C(C)(C)C)co2)c1Br. The van der Waals surface area contributed by atoms with E-state index >= 15 is 0 Å². The molecule has 0 unspecified atom stereocenters. The van der Waals surface area contributed by atoms with Crippen molar-refractivity contribution in [1.82, 2.24) is 15.0 Å². The third-order valence-corrected chi connectivity index (χ3v) is 5.66. The molecule has 0 aliphatic carbocycles. The lowest BCUT2D eigenvalue weighted by Crippen LogP contribution is -2.11. The second-order valence-electron chi connectivity index (χ2n) is 8.55. The van der Waals surface area contributed by atoms with Crippen molar-refractivity contribution >= 4 is 31.9 Å². The molecule has 3 aromatic heterocycles. The van der Waals surface area contributed by atoms with E-state index < -0.39 is 0 Å². The number of rotatable bonds is 3. The molecule has 6 nitrogen and oxygen atoms in total. The summed E-state index contributed by atoms with van der Waals surface area (Å²) >= 11 is 7.13. The molecule has 0 aromatic carbocycles. The number of nitrogens with zero attached hydrogens (tertiary/aromatic N) is 3. The van der Waals surface area contributed by atoms with Gasteiger partial charge >= 0.3 is 0 Å². The summed E-state index contributed by atoms with van der Waals surface area (Å²) in [5.74, 6) is 1.35. The normalized spacial score (nSPS) is 12.5. The number of hydrogen-bond donors (Lipinski definition) is 0. The maximum absolute atomic E-state index is 5.72. The monoisotopic (exact) mass is 511 g/mol. The molecule has 0 radical (unpaired) electrons. The average Bonchev–Trinajstić information content (AvgIpc) is 3.24. The Morgan fingerprint density at radius 3 is 1.43 bits per heavy atom. The number of aromatic nitrogens is 3. The summed E-state index contributed by atoms with van der Waals surface area (Å²) in [6, 6.07) is 0. The van der Waals surface area contributed by atoms with E-state index in [-0.39, 0.29) is 10.8 Å². The lowest BCUT2D eigenvalue weighted by Gasteiger charge is -2.14. The Hall–Kier alpha value is -1.67. The van der Waals surface area contributed by atoms with Gasteiger partial charge in [-0.05, 0) is 31.9 Å². The Kier molecular flexibility index (Phi) is 5.49. The van der Waals surface area contributed by atoms with Crippen molar-refractivity contribution in [2.24, 2.45) is 0 Å². The van der Waals surface area contributed by atoms with Gasteiger partial charge in [0.1, 0.15) is 23.9 Å². The first-order chi connectivity index (χ1) is 12.9. The van der Waals surface area contributed by atoms with E-state index in [4.69, 9.17) is 18.6 Å². The second kappa shape index (κ2) is 7.30. The van der Waals surface area contributed by atoms with Gasteiger partial charge in [0, 0.05) is 10.8 Å². The van der Waals surface area contributed by atoms with Gasteiger partial charge in [-0.2, -0.15) is 0 Å². The zero-order valence-corrected chi connectivity index (χ0v) is 20.1. The summed E-state index contributed by atoms with van der Waals surface area (Å²) in [6.07, 6.45) is 3.31. The summed E-state index contributed by atoms with van der Waals surface area (Å²) in [7, 11) is 1.59. The molecule has 0 aliphatic heterocycles. The van der Waals surface area contributed by atoms with Crippen molar-refractivity contribution in [3.63, 3.8) is 0 Å². The summed E-state index contributed by atoms with van der Waals surface area (Å²) in [6.45, 7) is 12.4. The highest BCUT2D eigenvalue weighted by molar-refractivity contribution is 9.11. The fourth-order valence-electron chi connectivity index (χ4n) is 2.44. The van der Waals surface area contributed by atoms with Crippen molar-refractivity contribution in [3.05, 3.63) is 32.9 Å². The van der Waals surface area contributed by atoms with Crippen LogP contribution in [0.2, 0.25) is 0 Å². The van der Waals surface area contributed by atoms with Crippen LogP contribution < -0.4 is 4.74 Å². The molecule has 8 heteroatoms. The first-order valence-electron chi connectivity index (χ1n) is 8.79. The molecule has 0 aliphatic rings. The molecule has 0 amide bonds. The van der Waals surface area contributed by atoms with Crippen molar-refractivity contribution in [2.75, 3.05) is 7.11 Å². The van der Waals surface area contributed by atoms with Gasteiger partial charge in [0.25, 0.3) is 0 Å². The van der Waals surface area contributed by atoms with Crippen LogP contribution in [0.1, 0.15) is 52.9 Å². The second-order valence-corrected chi connectivity index (χ2v) is 10.1. The minimum Gasteiger partial charge on any atom is -0.494 e. The molecular weight excluding hydrogens is 490 g/mol. The lowest BCUT2D eigenvalue weighted by molar-refractivity contribution is 0.408. The Bertz CT molecular complexity index is 934. The van der Waals surface area contributed by atoms with Crippen LogP contribution in [0, 0.1) is 0 Å². The molecule has 0 fully saturated rings. The summed E-state index contributed by atoms with van der Waals surface area (Å²) in [5.41, 5.74) is 2.43. The molecule has 0 bridgehead atoms. The van der Waals surface area contributed by atoms with E-state index in [1.807, 2.05) is 0 Å². The van der Waals surface area contributed by atoms with E-state index in [1.165, 1.54) is 0 Å². The predicted octanol–water partition coefficient (Wildman–Crippen LogP) is 6.52. The fourth-order valence-corrected chi connectivity index (χ4v) is 3.94. The summed E-state index contributed by atoms with van der Waals surface area (Å²) < 4.78 is 18.3. The minimum atomic E-state index is -0.138. The van der Waals surface area contributed by atoms with Crippen LogP contribution in [-0.2, 0) is 10.8 Å². The maximum Gasteiger partial charge on any atom is 0.246 e. The third-order valence-electron chi connectivity index (χ3n) is 4.19. The van der Waals surface area contributed by atoms with Gasteiger partial charge in [-0.3, -0.25) is 0 Å². The minimum absolute atomic E-state index is 0.138. The van der Waals surface area contributed by atoms with E-state index in [9.17, 15) is 0 Å². The van der Waals surface area contributed by atoms with Crippen molar-refractivity contribution in [1.29, 1.82) is 0 Å². The zero-order valence-electron chi connectivity index (χ0n) is 17.0. The van der Waals surface area contributed by atoms with Gasteiger partial charge in [-0.25, -0.2) is 15.0 Å².